The fourth-order valence-corrected chi connectivity index (χ4v) is 1.45. The van der Waals surface area contributed by atoms with Crippen molar-refractivity contribution in [2.45, 2.75) is 31.8 Å². The van der Waals surface area contributed by atoms with E-state index in [1.165, 1.54) is 10.9 Å². The number of carbonyl (C=O) groups excluding carboxylic acids is 1. The molecule has 1 aromatic rings. The second-order valence-corrected chi connectivity index (χ2v) is 3.99. The lowest BCUT2D eigenvalue weighted by Crippen LogP contribution is -2.43. The fourth-order valence-electron chi connectivity index (χ4n) is 1.45. The molecule has 0 spiro atoms. The van der Waals surface area contributed by atoms with Crippen LogP contribution in [0.25, 0.3) is 0 Å². The van der Waals surface area contributed by atoms with E-state index in [9.17, 15) is 14.4 Å². The number of nitrogens with one attached hydrogen (secondary N) is 1. The number of carboxylic acids is 2. The minimum absolute atomic E-state index is 0.164. The van der Waals surface area contributed by atoms with Crippen molar-refractivity contribution in [1.82, 2.24) is 15.1 Å². The van der Waals surface area contributed by atoms with Gasteiger partial charge in [-0.1, -0.05) is 0 Å². The van der Waals surface area contributed by atoms with Crippen LogP contribution in [0.4, 0.5) is 0 Å². The summed E-state index contributed by atoms with van der Waals surface area (Å²) < 4.78 is 1.38. The summed E-state index contributed by atoms with van der Waals surface area (Å²) in [5.41, 5.74) is 0. The summed E-state index contributed by atoms with van der Waals surface area (Å²) >= 11 is 0. The molecule has 1 amide bonds. The van der Waals surface area contributed by atoms with E-state index in [1.54, 1.807) is 19.2 Å². The van der Waals surface area contributed by atoms with Crippen LogP contribution in [0.15, 0.2) is 18.5 Å². The Balaban J connectivity index is 2.61. The molecule has 19 heavy (non-hydrogen) atoms. The fraction of sp³-hybridized carbons (Fsp3) is 0.455. The molecule has 8 nitrogen and oxygen atoms in total. The summed E-state index contributed by atoms with van der Waals surface area (Å²) in [5.74, 6) is -2.90. The summed E-state index contributed by atoms with van der Waals surface area (Å²) in [7, 11) is 0. The van der Waals surface area contributed by atoms with Crippen LogP contribution in [-0.4, -0.2) is 43.9 Å². The summed E-state index contributed by atoms with van der Waals surface area (Å²) in [4.78, 5) is 33.2. The van der Waals surface area contributed by atoms with Gasteiger partial charge >= 0.3 is 11.9 Å². The first kappa shape index (κ1) is 14.7. The minimum Gasteiger partial charge on any atom is -0.481 e. The Morgan fingerprint density at radius 3 is 2.53 bits per heavy atom. The number of hydrogen-bond acceptors (Lipinski definition) is 4. The standard InChI is InChI=1S/C11H15N3O5/c1-7(14-6-2-5-12-14)10(17)13-8(11(18)19)3-4-9(15)16/h2,5-8H,3-4H2,1H3,(H,13,17)(H,15,16)(H,18,19). The Hall–Kier alpha value is -2.38. The summed E-state index contributed by atoms with van der Waals surface area (Å²) in [6.07, 6.45) is 2.59. The Kier molecular flexibility index (Phi) is 5.04. The Labute approximate surface area is 109 Å². The number of amides is 1. The third-order valence-corrected chi connectivity index (χ3v) is 2.56. The van der Waals surface area contributed by atoms with Gasteiger partial charge in [-0.15, -0.1) is 0 Å². The van der Waals surface area contributed by atoms with Gasteiger partial charge in [0.15, 0.2) is 0 Å². The van der Waals surface area contributed by atoms with Gasteiger partial charge in [-0.3, -0.25) is 14.3 Å². The molecule has 1 aromatic heterocycles. The molecule has 0 aliphatic rings. The van der Waals surface area contributed by atoms with E-state index in [4.69, 9.17) is 10.2 Å². The van der Waals surface area contributed by atoms with E-state index < -0.39 is 29.9 Å². The SMILES string of the molecule is CC(C(=O)NC(CCC(=O)O)C(=O)O)n1cccn1. The van der Waals surface area contributed by atoms with E-state index in [1.807, 2.05) is 0 Å². The number of carbonyl (C=O) groups is 3. The predicted molar refractivity (Wildman–Crippen MR) is 63.4 cm³/mol. The molecule has 0 aromatic carbocycles. The number of hydrogen-bond donors (Lipinski definition) is 3. The Morgan fingerprint density at radius 1 is 1.37 bits per heavy atom. The quantitative estimate of drug-likeness (QED) is 0.634. The van der Waals surface area contributed by atoms with Crippen molar-refractivity contribution in [2.75, 3.05) is 0 Å². The van der Waals surface area contributed by atoms with E-state index in [2.05, 4.69) is 10.4 Å². The van der Waals surface area contributed by atoms with Crippen molar-refractivity contribution in [1.29, 1.82) is 0 Å². The molecule has 104 valence electrons. The maximum absolute atomic E-state index is 11.8. The highest BCUT2D eigenvalue weighted by atomic mass is 16.4. The summed E-state index contributed by atoms with van der Waals surface area (Å²) in [5, 5.41) is 23.6. The van der Waals surface area contributed by atoms with Gasteiger partial charge in [0.2, 0.25) is 5.91 Å². The van der Waals surface area contributed by atoms with Crippen LogP contribution in [0, 0.1) is 0 Å². The van der Waals surface area contributed by atoms with Gasteiger partial charge < -0.3 is 15.5 Å². The van der Waals surface area contributed by atoms with Crippen LogP contribution >= 0.6 is 0 Å². The molecule has 0 bridgehead atoms. The van der Waals surface area contributed by atoms with Gasteiger partial charge in [-0.25, -0.2) is 4.79 Å². The number of nitrogens with zero attached hydrogens (tertiary/aromatic N) is 2. The van der Waals surface area contributed by atoms with Crippen LogP contribution in [0.3, 0.4) is 0 Å². The smallest absolute Gasteiger partial charge is 0.326 e. The molecule has 1 rings (SSSR count). The van der Waals surface area contributed by atoms with Crippen LogP contribution in [-0.2, 0) is 14.4 Å². The number of rotatable bonds is 7. The summed E-state index contributed by atoms with van der Waals surface area (Å²) in [6.45, 7) is 1.57. The lowest BCUT2D eigenvalue weighted by molar-refractivity contribution is -0.143. The zero-order valence-corrected chi connectivity index (χ0v) is 10.3. The number of carboxylic acid groups (broad SMARTS) is 2. The first-order valence-electron chi connectivity index (χ1n) is 5.66. The van der Waals surface area contributed by atoms with Crippen molar-refractivity contribution in [3.63, 3.8) is 0 Å². The molecular formula is C11H15N3O5. The molecule has 3 N–H and O–H groups in total. The largest absolute Gasteiger partial charge is 0.481 e. The van der Waals surface area contributed by atoms with Crippen molar-refractivity contribution in [3.05, 3.63) is 18.5 Å². The number of aromatic nitrogens is 2. The third kappa shape index (κ3) is 4.41. The Morgan fingerprint density at radius 2 is 2.05 bits per heavy atom. The zero-order chi connectivity index (χ0) is 14.4. The Bertz CT molecular complexity index is 457. The first-order valence-corrected chi connectivity index (χ1v) is 5.66. The van der Waals surface area contributed by atoms with Crippen molar-refractivity contribution >= 4 is 17.8 Å². The minimum atomic E-state index is -1.26. The van der Waals surface area contributed by atoms with Gasteiger partial charge in [0, 0.05) is 18.8 Å². The molecule has 0 aliphatic heterocycles. The van der Waals surface area contributed by atoms with E-state index in [-0.39, 0.29) is 12.8 Å². The van der Waals surface area contributed by atoms with Crippen LogP contribution in [0.2, 0.25) is 0 Å². The van der Waals surface area contributed by atoms with Crippen molar-refractivity contribution in [3.8, 4) is 0 Å². The van der Waals surface area contributed by atoms with Crippen molar-refractivity contribution in [2.24, 2.45) is 0 Å². The molecule has 2 unspecified atom stereocenters. The van der Waals surface area contributed by atoms with Crippen LogP contribution in [0.1, 0.15) is 25.8 Å². The molecule has 0 radical (unpaired) electrons. The van der Waals surface area contributed by atoms with E-state index in [0.29, 0.717) is 0 Å². The highest BCUT2D eigenvalue weighted by Crippen LogP contribution is 2.05. The third-order valence-electron chi connectivity index (χ3n) is 2.56. The van der Waals surface area contributed by atoms with E-state index >= 15 is 0 Å². The van der Waals surface area contributed by atoms with Crippen molar-refractivity contribution < 1.29 is 24.6 Å². The normalized spacial score (nSPS) is 13.5. The highest BCUT2D eigenvalue weighted by Gasteiger charge is 2.24. The molecule has 1 heterocycles. The highest BCUT2D eigenvalue weighted by molar-refractivity contribution is 5.86. The average Bonchev–Trinajstić information content (AvgIpc) is 2.86. The van der Waals surface area contributed by atoms with Gasteiger partial charge in [-0.2, -0.15) is 5.10 Å². The topological polar surface area (TPSA) is 122 Å². The molecule has 0 aliphatic carbocycles. The molecular weight excluding hydrogens is 254 g/mol. The maximum Gasteiger partial charge on any atom is 0.326 e. The van der Waals surface area contributed by atoms with Gasteiger partial charge in [-0.05, 0) is 19.4 Å². The second-order valence-electron chi connectivity index (χ2n) is 3.99. The molecule has 2 atom stereocenters. The monoisotopic (exact) mass is 269 g/mol. The van der Waals surface area contributed by atoms with Gasteiger partial charge in [0.25, 0.3) is 0 Å². The maximum atomic E-state index is 11.8. The summed E-state index contributed by atoms with van der Waals surface area (Å²) in [6, 6.07) is -0.244. The lowest BCUT2D eigenvalue weighted by Gasteiger charge is -2.17. The molecule has 0 fully saturated rings. The predicted octanol–water partition coefficient (Wildman–Crippen LogP) is -0.122. The van der Waals surface area contributed by atoms with E-state index in [0.717, 1.165) is 0 Å². The first-order chi connectivity index (χ1) is 8.91. The van der Waals surface area contributed by atoms with Crippen LogP contribution < -0.4 is 5.32 Å². The van der Waals surface area contributed by atoms with Gasteiger partial charge in [0.1, 0.15) is 12.1 Å². The van der Waals surface area contributed by atoms with Crippen LogP contribution in [0.5, 0.6) is 0 Å². The zero-order valence-electron chi connectivity index (χ0n) is 10.3. The molecule has 0 saturated heterocycles. The molecule has 0 saturated carbocycles. The number of aliphatic carboxylic acids is 2. The average molecular weight is 269 g/mol. The van der Waals surface area contributed by atoms with Gasteiger partial charge in [0.05, 0.1) is 0 Å². The lowest BCUT2D eigenvalue weighted by atomic mass is 10.1. The molecule has 8 heteroatoms. The second kappa shape index (κ2) is 6.53.